The molecule has 0 spiro atoms. The summed E-state index contributed by atoms with van der Waals surface area (Å²) in [4.78, 5) is 0. The number of benzene rings is 1. The largest absolute Gasteiger partial charge is 0.310 e. The maximum Gasteiger partial charge on any atom is 0.264 e. The Morgan fingerprint density at radius 2 is 1.94 bits per heavy atom. The van der Waals surface area contributed by atoms with Crippen molar-refractivity contribution in [1.82, 2.24) is 5.32 Å². The first-order valence-electron chi connectivity index (χ1n) is 5.32. The average molecular weight is 322 g/mol. The van der Waals surface area contributed by atoms with E-state index in [9.17, 15) is 8.42 Å². The van der Waals surface area contributed by atoms with Gasteiger partial charge in [-0.1, -0.05) is 28.1 Å². The first-order chi connectivity index (χ1) is 7.88. The fourth-order valence-electron chi connectivity index (χ4n) is 1.44. The van der Waals surface area contributed by atoms with Crippen LogP contribution in [0.2, 0.25) is 0 Å². The van der Waals surface area contributed by atoms with Gasteiger partial charge in [0.15, 0.2) is 0 Å². The molecule has 0 bridgehead atoms. The molecule has 1 rings (SSSR count). The molecule has 0 radical (unpaired) electrons. The third-order valence-corrected chi connectivity index (χ3v) is 3.73. The molecule has 0 aromatic heterocycles. The van der Waals surface area contributed by atoms with E-state index in [4.69, 9.17) is 4.55 Å². The van der Waals surface area contributed by atoms with E-state index in [1.165, 1.54) is 0 Å². The quantitative estimate of drug-likeness (QED) is 0.623. The molecule has 2 N–H and O–H groups in total. The van der Waals surface area contributed by atoms with Crippen molar-refractivity contribution >= 4 is 26.0 Å². The smallest absolute Gasteiger partial charge is 0.264 e. The zero-order valence-corrected chi connectivity index (χ0v) is 12.0. The van der Waals surface area contributed by atoms with Gasteiger partial charge in [-0.05, 0) is 37.6 Å². The Kier molecular flexibility index (Phi) is 5.58. The number of hydrogen-bond donors (Lipinski definition) is 2. The molecule has 17 heavy (non-hydrogen) atoms. The Morgan fingerprint density at radius 1 is 1.35 bits per heavy atom. The molecule has 96 valence electrons. The first-order valence-corrected chi connectivity index (χ1v) is 7.73. The Labute approximate surface area is 110 Å². The van der Waals surface area contributed by atoms with E-state index in [1.807, 2.05) is 31.2 Å². The van der Waals surface area contributed by atoms with Crippen molar-refractivity contribution in [2.24, 2.45) is 0 Å². The Hall–Kier alpha value is -0.430. The molecule has 4 nitrogen and oxygen atoms in total. The van der Waals surface area contributed by atoms with Gasteiger partial charge in [-0.15, -0.1) is 0 Å². The Bertz CT molecular complexity index is 444. The van der Waals surface area contributed by atoms with Gasteiger partial charge in [-0.3, -0.25) is 4.55 Å². The fourth-order valence-corrected chi connectivity index (χ4v) is 2.22. The minimum Gasteiger partial charge on any atom is -0.310 e. The third-order valence-electron chi connectivity index (χ3n) is 2.40. The average Bonchev–Trinajstić information content (AvgIpc) is 2.24. The molecule has 1 aromatic rings. The number of hydrogen-bond acceptors (Lipinski definition) is 3. The summed E-state index contributed by atoms with van der Waals surface area (Å²) < 4.78 is 30.6. The van der Waals surface area contributed by atoms with E-state index in [0.717, 1.165) is 10.0 Å². The van der Waals surface area contributed by atoms with E-state index in [1.54, 1.807) is 0 Å². The standard InChI is InChI=1S/C11H16BrNO3S/c1-9(10-3-5-11(12)6-4-10)13-7-2-8-17(14,15)16/h3-6,9,13H,2,7-8H2,1H3,(H,14,15,16). The minimum absolute atomic E-state index is 0.157. The van der Waals surface area contributed by atoms with E-state index < -0.39 is 10.1 Å². The summed E-state index contributed by atoms with van der Waals surface area (Å²) in [7, 11) is -3.84. The van der Waals surface area contributed by atoms with Gasteiger partial charge in [0.2, 0.25) is 0 Å². The molecule has 0 aliphatic rings. The summed E-state index contributed by atoms with van der Waals surface area (Å²) in [6, 6.07) is 8.09. The molecule has 0 aliphatic heterocycles. The second-order valence-corrected chi connectivity index (χ2v) is 6.35. The highest BCUT2D eigenvalue weighted by molar-refractivity contribution is 9.10. The summed E-state index contributed by atoms with van der Waals surface area (Å²) in [6.07, 6.45) is 0.402. The lowest BCUT2D eigenvalue weighted by molar-refractivity contribution is 0.477. The molecular weight excluding hydrogens is 306 g/mol. The predicted octanol–water partition coefficient (Wildman–Crippen LogP) is 2.38. The second-order valence-electron chi connectivity index (χ2n) is 3.87. The van der Waals surface area contributed by atoms with Crippen molar-refractivity contribution < 1.29 is 13.0 Å². The van der Waals surface area contributed by atoms with E-state index >= 15 is 0 Å². The molecule has 1 atom stereocenters. The lowest BCUT2D eigenvalue weighted by atomic mass is 10.1. The topological polar surface area (TPSA) is 66.4 Å². The first kappa shape index (κ1) is 14.6. The summed E-state index contributed by atoms with van der Waals surface area (Å²) >= 11 is 3.37. The van der Waals surface area contributed by atoms with Gasteiger partial charge in [0.1, 0.15) is 0 Å². The summed E-state index contributed by atoms with van der Waals surface area (Å²) in [5.41, 5.74) is 1.14. The van der Waals surface area contributed by atoms with Crippen LogP contribution in [0.1, 0.15) is 24.9 Å². The normalized spacial score (nSPS) is 13.6. The number of rotatable bonds is 6. The van der Waals surface area contributed by atoms with Crippen LogP contribution in [-0.4, -0.2) is 25.3 Å². The van der Waals surface area contributed by atoms with Crippen LogP contribution in [0.5, 0.6) is 0 Å². The zero-order chi connectivity index (χ0) is 12.9. The lowest BCUT2D eigenvalue weighted by Crippen LogP contribution is -2.21. The molecular formula is C11H16BrNO3S. The molecule has 0 fully saturated rings. The zero-order valence-electron chi connectivity index (χ0n) is 9.56. The second kappa shape index (κ2) is 6.49. The molecule has 0 amide bonds. The molecule has 0 aliphatic carbocycles. The maximum absolute atomic E-state index is 10.5. The van der Waals surface area contributed by atoms with Crippen LogP contribution in [-0.2, 0) is 10.1 Å². The maximum atomic E-state index is 10.5. The molecule has 1 aromatic carbocycles. The number of nitrogens with one attached hydrogen (secondary N) is 1. The minimum atomic E-state index is -3.84. The van der Waals surface area contributed by atoms with Crippen LogP contribution >= 0.6 is 15.9 Å². The van der Waals surface area contributed by atoms with Crippen LogP contribution < -0.4 is 5.32 Å². The highest BCUT2D eigenvalue weighted by Gasteiger charge is 2.06. The Balaban J connectivity index is 2.35. The summed E-state index contributed by atoms with van der Waals surface area (Å²) in [6.45, 7) is 2.56. The third kappa shape index (κ3) is 6.16. The molecule has 0 heterocycles. The van der Waals surface area contributed by atoms with Gasteiger partial charge in [0.05, 0.1) is 5.75 Å². The highest BCUT2D eigenvalue weighted by Crippen LogP contribution is 2.16. The lowest BCUT2D eigenvalue weighted by Gasteiger charge is -2.13. The highest BCUT2D eigenvalue weighted by atomic mass is 79.9. The Morgan fingerprint density at radius 3 is 2.47 bits per heavy atom. The van der Waals surface area contributed by atoms with Crippen molar-refractivity contribution in [2.75, 3.05) is 12.3 Å². The molecule has 0 saturated carbocycles. The van der Waals surface area contributed by atoms with Crippen LogP contribution in [0.25, 0.3) is 0 Å². The van der Waals surface area contributed by atoms with Crippen LogP contribution in [0.15, 0.2) is 28.7 Å². The van der Waals surface area contributed by atoms with E-state index in [-0.39, 0.29) is 11.8 Å². The van der Waals surface area contributed by atoms with Gasteiger partial charge in [-0.2, -0.15) is 8.42 Å². The van der Waals surface area contributed by atoms with Crippen LogP contribution in [0, 0.1) is 0 Å². The monoisotopic (exact) mass is 321 g/mol. The SMILES string of the molecule is CC(NCCCS(=O)(=O)O)c1ccc(Br)cc1. The molecule has 0 saturated heterocycles. The molecule has 6 heteroatoms. The summed E-state index contributed by atoms with van der Waals surface area (Å²) in [5, 5.41) is 3.20. The molecule has 1 unspecified atom stereocenters. The van der Waals surface area contributed by atoms with Gasteiger partial charge >= 0.3 is 0 Å². The van der Waals surface area contributed by atoms with Crippen LogP contribution in [0.4, 0.5) is 0 Å². The van der Waals surface area contributed by atoms with Gasteiger partial charge in [-0.25, -0.2) is 0 Å². The van der Waals surface area contributed by atoms with Gasteiger partial charge in [0.25, 0.3) is 10.1 Å². The van der Waals surface area contributed by atoms with E-state index in [2.05, 4.69) is 21.2 Å². The predicted molar refractivity (Wildman–Crippen MR) is 71.6 cm³/mol. The van der Waals surface area contributed by atoms with Crippen molar-refractivity contribution in [3.8, 4) is 0 Å². The van der Waals surface area contributed by atoms with Gasteiger partial charge in [0, 0.05) is 10.5 Å². The van der Waals surface area contributed by atoms with Gasteiger partial charge < -0.3 is 5.32 Å². The van der Waals surface area contributed by atoms with Crippen molar-refractivity contribution in [1.29, 1.82) is 0 Å². The number of halogens is 1. The summed E-state index contributed by atoms with van der Waals surface area (Å²) in [5.74, 6) is -0.201. The van der Waals surface area contributed by atoms with E-state index in [0.29, 0.717) is 13.0 Å². The fraction of sp³-hybridized carbons (Fsp3) is 0.455. The van der Waals surface area contributed by atoms with Crippen molar-refractivity contribution in [3.63, 3.8) is 0 Å². The van der Waals surface area contributed by atoms with Crippen molar-refractivity contribution in [2.45, 2.75) is 19.4 Å². The van der Waals surface area contributed by atoms with Crippen molar-refractivity contribution in [3.05, 3.63) is 34.3 Å². The van der Waals surface area contributed by atoms with Crippen LogP contribution in [0.3, 0.4) is 0 Å².